The smallest absolute Gasteiger partial charge is 0.399 e. The summed E-state index contributed by atoms with van der Waals surface area (Å²) in [6.45, 7) is 10.8. The van der Waals surface area contributed by atoms with Gasteiger partial charge in [-0.25, -0.2) is 9.37 Å². The molecule has 176 valence electrons. The number of halogens is 1. The Labute approximate surface area is 201 Å². The Balaban J connectivity index is 1.46. The molecule has 0 bridgehead atoms. The second-order valence-corrected chi connectivity index (χ2v) is 11.1. The molecule has 0 N–H and O–H groups in total. The fraction of sp³-hybridized carbons (Fsp3) is 0.481. The van der Waals surface area contributed by atoms with Crippen LogP contribution in [0.3, 0.4) is 0 Å². The summed E-state index contributed by atoms with van der Waals surface area (Å²) in [5, 5.41) is 9.30. The number of rotatable bonds is 6. The van der Waals surface area contributed by atoms with Crippen molar-refractivity contribution < 1.29 is 13.7 Å². The van der Waals surface area contributed by atoms with Gasteiger partial charge in [0.05, 0.1) is 28.3 Å². The molecular weight excluding hydrogens is 428 g/mol. The van der Waals surface area contributed by atoms with Crippen LogP contribution in [0.15, 0.2) is 36.4 Å². The molecule has 0 atom stereocenters. The molecule has 2 heterocycles. The van der Waals surface area contributed by atoms with E-state index in [1.54, 1.807) is 0 Å². The van der Waals surface area contributed by atoms with Crippen LogP contribution in [-0.4, -0.2) is 27.9 Å². The van der Waals surface area contributed by atoms with Gasteiger partial charge in [0.1, 0.15) is 11.6 Å². The molecule has 0 radical (unpaired) electrons. The first-order chi connectivity index (χ1) is 16.0. The van der Waals surface area contributed by atoms with Gasteiger partial charge < -0.3 is 13.9 Å². The fourth-order valence-electron chi connectivity index (χ4n) is 4.67. The lowest BCUT2D eigenvalue weighted by molar-refractivity contribution is 0.00578. The summed E-state index contributed by atoms with van der Waals surface area (Å²) in [5.41, 5.74) is 3.43. The third-order valence-corrected chi connectivity index (χ3v) is 7.84. The Kier molecular flexibility index (Phi) is 5.38. The summed E-state index contributed by atoms with van der Waals surface area (Å²) < 4.78 is 29.7. The minimum Gasteiger partial charge on any atom is -0.399 e. The molecule has 5 nitrogen and oxygen atoms in total. The normalized spacial score (nSPS) is 20.0. The lowest BCUT2D eigenvalue weighted by Gasteiger charge is -2.32. The van der Waals surface area contributed by atoms with Gasteiger partial charge in [-0.05, 0) is 82.2 Å². The van der Waals surface area contributed by atoms with Gasteiger partial charge in [0, 0.05) is 24.8 Å². The highest BCUT2D eigenvalue weighted by atomic mass is 19.1. The van der Waals surface area contributed by atoms with E-state index in [-0.39, 0.29) is 11.2 Å². The molecule has 0 amide bonds. The Morgan fingerprint density at radius 2 is 1.79 bits per heavy atom. The third kappa shape index (κ3) is 4.04. The summed E-state index contributed by atoms with van der Waals surface area (Å²) in [6.07, 6.45) is 3.01. The maximum atomic E-state index is 15.3. The number of aromatic nitrogens is 2. The number of aryl methyl sites for hydroxylation is 1. The predicted molar refractivity (Wildman–Crippen MR) is 131 cm³/mol. The van der Waals surface area contributed by atoms with Crippen LogP contribution in [0.25, 0.3) is 11.0 Å². The van der Waals surface area contributed by atoms with E-state index >= 15 is 4.39 Å². The molecule has 5 rings (SSSR count). The van der Waals surface area contributed by atoms with Crippen LogP contribution in [-0.2, 0) is 22.3 Å². The van der Waals surface area contributed by atoms with Crippen molar-refractivity contribution in [3.05, 3.63) is 59.2 Å². The van der Waals surface area contributed by atoms with Crippen LogP contribution in [0.5, 0.6) is 0 Å². The van der Waals surface area contributed by atoms with Crippen LogP contribution in [0.1, 0.15) is 63.9 Å². The molecule has 7 heteroatoms. The summed E-state index contributed by atoms with van der Waals surface area (Å²) >= 11 is 0. The van der Waals surface area contributed by atoms with E-state index in [1.165, 1.54) is 6.07 Å². The first-order valence-corrected chi connectivity index (χ1v) is 12.0. The second kappa shape index (κ2) is 7.93. The molecule has 0 unspecified atom stereocenters. The Bertz CT molecular complexity index is 1290. The van der Waals surface area contributed by atoms with Gasteiger partial charge in [0.15, 0.2) is 0 Å². The molecular formula is C27H31BFN3O2. The van der Waals surface area contributed by atoms with E-state index in [0.29, 0.717) is 23.9 Å². The van der Waals surface area contributed by atoms with Gasteiger partial charge in [-0.2, -0.15) is 5.26 Å². The van der Waals surface area contributed by atoms with Crippen molar-refractivity contribution in [2.75, 3.05) is 0 Å². The van der Waals surface area contributed by atoms with Crippen LogP contribution < -0.4 is 5.46 Å². The summed E-state index contributed by atoms with van der Waals surface area (Å²) in [4.78, 5) is 4.86. The number of benzene rings is 2. The Morgan fingerprint density at radius 3 is 2.41 bits per heavy atom. The SMILES string of the molecule is Cc1ccc2nc(Cc3ccc(B4OC(C)(C)C(C)(C)O4)cc3F)n(CC3(CC#N)CC3)c2c1. The quantitative estimate of drug-likeness (QED) is 0.483. The summed E-state index contributed by atoms with van der Waals surface area (Å²) in [7, 11) is -0.596. The van der Waals surface area contributed by atoms with Gasteiger partial charge in [-0.1, -0.05) is 18.2 Å². The molecule has 1 aliphatic carbocycles. The number of fused-ring (bicyclic) bond motifs is 1. The largest absolute Gasteiger partial charge is 0.494 e. The fourth-order valence-corrected chi connectivity index (χ4v) is 4.67. The van der Waals surface area contributed by atoms with Gasteiger partial charge in [0.25, 0.3) is 0 Å². The zero-order valence-corrected chi connectivity index (χ0v) is 20.6. The molecule has 1 aliphatic heterocycles. The molecule has 34 heavy (non-hydrogen) atoms. The van der Waals surface area contributed by atoms with Gasteiger partial charge in [-0.15, -0.1) is 0 Å². The molecule has 1 aromatic heterocycles. The number of nitriles is 1. The monoisotopic (exact) mass is 459 g/mol. The lowest BCUT2D eigenvalue weighted by Crippen LogP contribution is -2.41. The molecule has 2 aromatic carbocycles. The predicted octanol–water partition coefficient (Wildman–Crippen LogP) is 5.07. The number of imidazole rings is 1. The van der Waals surface area contributed by atoms with Crippen molar-refractivity contribution in [1.82, 2.24) is 9.55 Å². The Hall–Kier alpha value is -2.69. The minimum atomic E-state index is -0.596. The van der Waals surface area contributed by atoms with E-state index in [2.05, 4.69) is 23.6 Å². The number of nitrogens with zero attached hydrogens (tertiary/aromatic N) is 3. The first kappa shape index (κ1) is 23.1. The molecule has 1 saturated heterocycles. The van der Waals surface area contributed by atoms with E-state index in [1.807, 2.05) is 52.0 Å². The lowest BCUT2D eigenvalue weighted by atomic mass is 9.78. The van der Waals surface area contributed by atoms with Gasteiger partial charge >= 0.3 is 7.12 Å². The molecule has 2 aliphatic rings. The van der Waals surface area contributed by atoms with Crippen LogP contribution in [0.2, 0.25) is 0 Å². The third-order valence-electron chi connectivity index (χ3n) is 7.84. The van der Waals surface area contributed by atoms with Gasteiger partial charge in [-0.3, -0.25) is 0 Å². The van der Waals surface area contributed by atoms with Crippen molar-refractivity contribution in [3.63, 3.8) is 0 Å². The van der Waals surface area contributed by atoms with E-state index < -0.39 is 18.3 Å². The van der Waals surface area contributed by atoms with E-state index in [4.69, 9.17) is 14.3 Å². The molecule has 0 spiro atoms. The van der Waals surface area contributed by atoms with Crippen LogP contribution >= 0.6 is 0 Å². The standard InChI is InChI=1S/C27H31BFN3O2/c1-18-6-9-22-23(14-18)32(17-27(10-11-27)12-13-30)24(31-22)15-19-7-8-20(16-21(19)29)28-33-25(2,3)26(4,5)34-28/h6-9,14,16H,10-12,15,17H2,1-5H3. The second-order valence-electron chi connectivity index (χ2n) is 11.1. The Morgan fingerprint density at radius 1 is 1.09 bits per heavy atom. The van der Waals surface area contributed by atoms with Crippen molar-refractivity contribution in [2.45, 2.75) is 78.0 Å². The zero-order valence-electron chi connectivity index (χ0n) is 20.6. The maximum Gasteiger partial charge on any atom is 0.494 e. The topological polar surface area (TPSA) is 60.1 Å². The highest BCUT2D eigenvalue weighted by Gasteiger charge is 2.51. The van der Waals surface area contributed by atoms with Crippen LogP contribution in [0, 0.1) is 29.5 Å². The first-order valence-electron chi connectivity index (χ1n) is 12.0. The van der Waals surface area contributed by atoms with Crippen molar-refractivity contribution >= 4 is 23.6 Å². The van der Waals surface area contributed by atoms with Gasteiger partial charge in [0.2, 0.25) is 0 Å². The average Bonchev–Trinajstić information content (AvgIpc) is 3.38. The zero-order chi connectivity index (χ0) is 24.3. The van der Waals surface area contributed by atoms with Crippen LogP contribution in [0.4, 0.5) is 4.39 Å². The highest BCUT2D eigenvalue weighted by Crippen LogP contribution is 2.50. The molecule has 3 aromatic rings. The minimum absolute atomic E-state index is 0.0139. The van der Waals surface area contributed by atoms with Crippen molar-refractivity contribution in [2.24, 2.45) is 5.41 Å². The summed E-state index contributed by atoms with van der Waals surface area (Å²) in [6, 6.07) is 13.8. The van der Waals surface area contributed by atoms with Crippen molar-refractivity contribution in [1.29, 1.82) is 5.26 Å². The van der Waals surface area contributed by atoms with E-state index in [9.17, 15) is 5.26 Å². The molecule has 1 saturated carbocycles. The highest BCUT2D eigenvalue weighted by molar-refractivity contribution is 6.62. The number of hydrogen-bond acceptors (Lipinski definition) is 4. The average molecular weight is 459 g/mol. The van der Waals surface area contributed by atoms with Crippen molar-refractivity contribution in [3.8, 4) is 6.07 Å². The summed E-state index contributed by atoms with van der Waals surface area (Å²) in [5.74, 6) is 0.534. The van der Waals surface area contributed by atoms with E-state index in [0.717, 1.165) is 41.8 Å². The molecule has 2 fully saturated rings. The maximum absolute atomic E-state index is 15.3. The number of hydrogen-bond donors (Lipinski definition) is 0.